The van der Waals surface area contributed by atoms with E-state index in [0.717, 1.165) is 29.7 Å². The Kier molecular flexibility index (Phi) is 7.85. The van der Waals surface area contributed by atoms with Crippen molar-refractivity contribution in [3.8, 4) is 17.3 Å². The standard InChI is InChI=1S/C30H39ClN8O2Si/c1-29(2,3)42(6,7)41-18-30(4)17-34-27-20(15-32)12-19(13-22(27)30)23-10-11-33-28(35-23)36-25-14-24(31)37-39(25)16-26(40)38(5)21-8-9-21/h10-14,21,34H,8-9,16-18H2,1-7H3,(H,33,35,36)/t30-/m1/s1. The predicted molar refractivity (Wildman–Crippen MR) is 167 cm³/mol. The van der Waals surface area contributed by atoms with Gasteiger partial charge in [-0.2, -0.15) is 10.4 Å². The summed E-state index contributed by atoms with van der Waals surface area (Å²) in [5.41, 5.74) is 3.64. The Morgan fingerprint density at radius 3 is 2.74 bits per heavy atom. The summed E-state index contributed by atoms with van der Waals surface area (Å²) in [4.78, 5) is 23.6. The normalized spacial score (nSPS) is 18.3. The van der Waals surface area contributed by atoms with Crippen LogP contribution in [0.1, 0.15) is 51.7 Å². The van der Waals surface area contributed by atoms with Gasteiger partial charge in [-0.3, -0.25) is 4.79 Å². The second kappa shape index (κ2) is 11.0. The molecule has 1 fully saturated rings. The maximum Gasteiger partial charge on any atom is 0.244 e. The Hall–Kier alpha value is -3.46. The number of nitrogens with zero attached hydrogens (tertiary/aromatic N) is 6. The molecule has 2 aromatic heterocycles. The van der Waals surface area contributed by atoms with Crippen LogP contribution in [-0.4, -0.2) is 65.1 Å². The van der Waals surface area contributed by atoms with Gasteiger partial charge in [0.15, 0.2) is 13.5 Å². The molecule has 10 nitrogen and oxygen atoms in total. The molecule has 1 atom stereocenters. The van der Waals surface area contributed by atoms with E-state index in [1.54, 1.807) is 17.2 Å². The second-order valence-electron chi connectivity index (χ2n) is 13.2. The van der Waals surface area contributed by atoms with E-state index in [1.165, 1.54) is 4.68 Å². The Bertz CT molecular complexity index is 1560. The van der Waals surface area contributed by atoms with E-state index in [2.05, 4.69) is 73.6 Å². The Labute approximate surface area is 253 Å². The van der Waals surface area contributed by atoms with E-state index in [9.17, 15) is 10.1 Å². The molecule has 1 saturated carbocycles. The van der Waals surface area contributed by atoms with Gasteiger partial charge < -0.3 is 20.0 Å². The van der Waals surface area contributed by atoms with Gasteiger partial charge in [0.1, 0.15) is 18.4 Å². The molecule has 42 heavy (non-hydrogen) atoms. The first kappa shape index (κ1) is 30.0. The molecule has 0 saturated heterocycles. The van der Waals surface area contributed by atoms with Crippen LogP contribution in [0, 0.1) is 11.3 Å². The molecule has 3 heterocycles. The number of fused-ring (bicyclic) bond motifs is 1. The maximum atomic E-state index is 12.7. The number of nitriles is 1. The molecule has 0 spiro atoms. The van der Waals surface area contributed by atoms with Crippen molar-refractivity contribution in [1.29, 1.82) is 5.26 Å². The van der Waals surface area contributed by atoms with E-state index in [4.69, 9.17) is 21.0 Å². The van der Waals surface area contributed by atoms with Gasteiger partial charge in [-0.05, 0) is 54.7 Å². The number of halogens is 1. The summed E-state index contributed by atoms with van der Waals surface area (Å²) in [6, 6.07) is 10.1. The smallest absolute Gasteiger partial charge is 0.244 e. The molecule has 0 bridgehead atoms. The minimum atomic E-state index is -1.97. The molecule has 2 N–H and O–H groups in total. The lowest BCUT2D eigenvalue weighted by Gasteiger charge is -2.39. The summed E-state index contributed by atoms with van der Waals surface area (Å²) < 4.78 is 8.18. The first-order valence-corrected chi connectivity index (χ1v) is 17.6. The topological polar surface area (TPSA) is 121 Å². The predicted octanol–water partition coefficient (Wildman–Crippen LogP) is 5.93. The number of nitrogens with one attached hydrogen (secondary N) is 2. The largest absolute Gasteiger partial charge is 0.416 e. The zero-order valence-corrected chi connectivity index (χ0v) is 27.1. The number of hydrogen-bond donors (Lipinski definition) is 2. The Morgan fingerprint density at radius 2 is 2.07 bits per heavy atom. The number of benzene rings is 1. The van der Waals surface area contributed by atoms with Crippen molar-refractivity contribution in [3.05, 3.63) is 46.7 Å². The first-order chi connectivity index (χ1) is 19.7. The molecule has 5 rings (SSSR count). The van der Waals surface area contributed by atoms with Gasteiger partial charge in [-0.1, -0.05) is 39.3 Å². The first-order valence-electron chi connectivity index (χ1n) is 14.3. The highest BCUT2D eigenvalue weighted by Gasteiger charge is 2.42. The van der Waals surface area contributed by atoms with Crippen molar-refractivity contribution < 1.29 is 9.22 Å². The molecule has 3 aromatic rings. The second-order valence-corrected chi connectivity index (χ2v) is 18.4. The van der Waals surface area contributed by atoms with Crippen LogP contribution in [0.15, 0.2) is 30.5 Å². The third-order valence-corrected chi connectivity index (χ3v) is 13.5. The van der Waals surface area contributed by atoms with E-state index in [0.29, 0.717) is 42.2 Å². The third-order valence-electron chi connectivity index (χ3n) is 8.84. The highest BCUT2D eigenvalue weighted by Crippen LogP contribution is 2.44. The van der Waals surface area contributed by atoms with Crippen molar-refractivity contribution >= 4 is 43.3 Å². The third kappa shape index (κ3) is 6.02. The van der Waals surface area contributed by atoms with Gasteiger partial charge in [-0.25, -0.2) is 14.6 Å². The fourth-order valence-electron chi connectivity index (χ4n) is 4.81. The van der Waals surface area contributed by atoms with Gasteiger partial charge in [-0.15, -0.1) is 0 Å². The zero-order chi connectivity index (χ0) is 30.4. The Morgan fingerprint density at radius 1 is 1.33 bits per heavy atom. The van der Waals surface area contributed by atoms with Crippen molar-refractivity contribution in [2.24, 2.45) is 0 Å². The highest BCUT2D eigenvalue weighted by atomic mass is 35.5. The summed E-state index contributed by atoms with van der Waals surface area (Å²) in [7, 11) is -0.153. The van der Waals surface area contributed by atoms with E-state index in [1.807, 2.05) is 19.2 Å². The number of anilines is 3. The minimum Gasteiger partial charge on any atom is -0.416 e. The quantitative estimate of drug-likeness (QED) is 0.287. The van der Waals surface area contributed by atoms with Crippen LogP contribution in [0.3, 0.4) is 0 Å². The van der Waals surface area contributed by atoms with Gasteiger partial charge in [0.25, 0.3) is 0 Å². The van der Waals surface area contributed by atoms with Crippen molar-refractivity contribution in [2.45, 2.75) is 76.7 Å². The summed E-state index contributed by atoms with van der Waals surface area (Å²) in [6.07, 6.45) is 3.72. The van der Waals surface area contributed by atoms with Crippen molar-refractivity contribution in [1.82, 2.24) is 24.6 Å². The number of carbonyl (C=O) groups excluding carboxylic acids is 1. The molecule has 0 radical (unpaired) electrons. The molecule has 2 aliphatic rings. The molecule has 1 aromatic carbocycles. The molecule has 222 valence electrons. The minimum absolute atomic E-state index is 0.0358. The van der Waals surface area contributed by atoms with Crippen LogP contribution in [-0.2, 0) is 21.2 Å². The van der Waals surface area contributed by atoms with E-state index < -0.39 is 8.32 Å². The van der Waals surface area contributed by atoms with Gasteiger partial charge in [0.2, 0.25) is 11.9 Å². The molecule has 1 aliphatic carbocycles. The highest BCUT2D eigenvalue weighted by molar-refractivity contribution is 6.74. The number of carbonyl (C=O) groups is 1. The summed E-state index contributed by atoms with van der Waals surface area (Å²) in [6.45, 7) is 14.7. The van der Waals surface area contributed by atoms with E-state index >= 15 is 0 Å². The Balaban J connectivity index is 1.41. The molecular formula is C30H39ClN8O2Si. The number of aromatic nitrogens is 4. The van der Waals surface area contributed by atoms with Crippen molar-refractivity contribution in [2.75, 3.05) is 30.8 Å². The fourth-order valence-corrected chi connectivity index (χ4v) is 6.12. The van der Waals surface area contributed by atoms with Gasteiger partial charge in [0, 0.05) is 49.5 Å². The zero-order valence-electron chi connectivity index (χ0n) is 25.4. The molecule has 12 heteroatoms. The summed E-state index contributed by atoms with van der Waals surface area (Å²) in [5, 5.41) is 21.3. The number of amides is 1. The number of likely N-dealkylation sites (N-methyl/N-ethyl adjacent to an activating group) is 1. The molecule has 1 amide bonds. The lowest BCUT2D eigenvalue weighted by Crippen LogP contribution is -2.45. The fraction of sp³-hybridized carbons (Fsp3) is 0.500. The van der Waals surface area contributed by atoms with Crippen LogP contribution in [0.2, 0.25) is 23.3 Å². The summed E-state index contributed by atoms with van der Waals surface area (Å²) in [5.74, 6) is 0.807. The van der Waals surface area contributed by atoms with Gasteiger partial charge in [0.05, 0.1) is 16.9 Å². The van der Waals surface area contributed by atoms with Crippen LogP contribution < -0.4 is 10.6 Å². The molecule has 0 unspecified atom stereocenters. The lowest BCUT2D eigenvalue weighted by atomic mass is 9.83. The number of rotatable bonds is 9. The lowest BCUT2D eigenvalue weighted by molar-refractivity contribution is -0.131. The molecular weight excluding hydrogens is 568 g/mol. The average Bonchev–Trinajstić information content (AvgIpc) is 3.66. The van der Waals surface area contributed by atoms with Crippen LogP contribution in [0.5, 0.6) is 0 Å². The van der Waals surface area contributed by atoms with Crippen LogP contribution in [0.25, 0.3) is 11.3 Å². The monoisotopic (exact) mass is 606 g/mol. The summed E-state index contributed by atoms with van der Waals surface area (Å²) >= 11 is 6.21. The van der Waals surface area contributed by atoms with Gasteiger partial charge >= 0.3 is 0 Å². The van der Waals surface area contributed by atoms with E-state index in [-0.39, 0.29) is 28.1 Å². The van der Waals surface area contributed by atoms with Crippen molar-refractivity contribution in [3.63, 3.8) is 0 Å². The van der Waals surface area contributed by atoms with Crippen LogP contribution >= 0.6 is 11.6 Å². The van der Waals surface area contributed by atoms with Crippen LogP contribution in [0.4, 0.5) is 17.5 Å². The average molecular weight is 607 g/mol. The number of hydrogen-bond acceptors (Lipinski definition) is 8. The maximum absolute atomic E-state index is 12.7. The molecule has 1 aliphatic heterocycles. The SMILES string of the molecule is CN(C(=O)Cn1nc(Cl)cc1Nc1nccc(-c2cc(C#N)c3c(c2)[C@@](C)(CO[Si](C)(C)C(C)(C)C)CN3)n1)C1CC1.